The Morgan fingerprint density at radius 2 is 1.67 bits per heavy atom. The van der Waals surface area contributed by atoms with Crippen LogP contribution in [0.5, 0.6) is 0 Å². The van der Waals surface area contributed by atoms with Gasteiger partial charge in [0.15, 0.2) is 0 Å². The summed E-state index contributed by atoms with van der Waals surface area (Å²) in [6.45, 7) is 0. The van der Waals surface area contributed by atoms with E-state index in [1.807, 2.05) is 0 Å². The molecule has 2 rings (SSSR count). The van der Waals surface area contributed by atoms with Crippen molar-refractivity contribution in [1.29, 1.82) is 0 Å². The molecule has 4 N–H and O–H groups in total. The van der Waals surface area contributed by atoms with E-state index in [0.29, 0.717) is 24.8 Å². The molecule has 1 aromatic carbocycles. The lowest BCUT2D eigenvalue weighted by Gasteiger charge is -2.33. The summed E-state index contributed by atoms with van der Waals surface area (Å²) in [5, 5.41) is 0. The Bertz CT molecular complexity index is 417. The molecule has 0 bridgehead atoms. The summed E-state index contributed by atoms with van der Waals surface area (Å²) in [7, 11) is 0. The van der Waals surface area contributed by atoms with Gasteiger partial charge in [-0.05, 0) is 36.8 Å². The summed E-state index contributed by atoms with van der Waals surface area (Å²) < 4.78 is 38.8. The van der Waals surface area contributed by atoms with E-state index in [0.717, 1.165) is 6.07 Å². The molecule has 0 aromatic heterocycles. The zero-order chi connectivity index (χ0) is 13.3. The molecule has 3 atom stereocenters. The first-order chi connectivity index (χ1) is 8.39. The largest absolute Gasteiger partial charge is 0.416 e. The molecule has 18 heavy (non-hydrogen) atoms. The van der Waals surface area contributed by atoms with Gasteiger partial charge in [-0.3, -0.25) is 0 Å². The smallest absolute Gasteiger partial charge is 0.326 e. The molecule has 1 fully saturated rings. The summed E-state index contributed by atoms with van der Waals surface area (Å²) in [5.41, 5.74) is 11.5. The van der Waals surface area contributed by atoms with E-state index in [4.69, 9.17) is 11.5 Å². The normalized spacial score (nSPS) is 29.3. The number of benzene rings is 1. The molecule has 100 valence electrons. The molecule has 0 aliphatic heterocycles. The molecule has 0 heterocycles. The monoisotopic (exact) mass is 258 g/mol. The Hall–Kier alpha value is -1.07. The topological polar surface area (TPSA) is 52.0 Å². The minimum atomic E-state index is -4.31. The van der Waals surface area contributed by atoms with E-state index in [2.05, 4.69) is 0 Å². The van der Waals surface area contributed by atoms with Gasteiger partial charge in [0.1, 0.15) is 0 Å². The van der Waals surface area contributed by atoms with Crippen molar-refractivity contribution in [2.45, 2.75) is 43.4 Å². The quantitative estimate of drug-likeness (QED) is 0.813. The van der Waals surface area contributed by atoms with E-state index in [1.54, 1.807) is 12.1 Å². The number of rotatable bonds is 1. The fourth-order valence-electron chi connectivity index (χ4n) is 2.62. The molecule has 0 amide bonds. The van der Waals surface area contributed by atoms with Crippen LogP contribution in [0.25, 0.3) is 0 Å². The van der Waals surface area contributed by atoms with Gasteiger partial charge in [-0.1, -0.05) is 18.2 Å². The Labute approximate surface area is 104 Å². The number of hydrogen-bond donors (Lipinski definition) is 2. The van der Waals surface area contributed by atoms with Gasteiger partial charge in [0.2, 0.25) is 0 Å². The highest BCUT2D eigenvalue weighted by atomic mass is 19.4. The van der Waals surface area contributed by atoms with Crippen LogP contribution in [0.3, 0.4) is 0 Å². The van der Waals surface area contributed by atoms with Gasteiger partial charge in [-0.25, -0.2) is 0 Å². The summed E-state index contributed by atoms with van der Waals surface area (Å²) in [4.78, 5) is 0. The van der Waals surface area contributed by atoms with Crippen LogP contribution in [-0.2, 0) is 6.18 Å². The predicted molar refractivity (Wildman–Crippen MR) is 64.0 cm³/mol. The van der Waals surface area contributed by atoms with Crippen molar-refractivity contribution in [3.63, 3.8) is 0 Å². The third kappa shape index (κ3) is 2.67. The van der Waals surface area contributed by atoms with E-state index in [9.17, 15) is 13.2 Å². The minimum absolute atomic E-state index is 0.0979. The van der Waals surface area contributed by atoms with Crippen LogP contribution >= 0.6 is 0 Å². The molecule has 0 radical (unpaired) electrons. The maximum atomic E-state index is 12.9. The molecule has 0 spiro atoms. The van der Waals surface area contributed by atoms with Crippen molar-refractivity contribution >= 4 is 0 Å². The fourth-order valence-corrected chi connectivity index (χ4v) is 2.62. The maximum Gasteiger partial charge on any atom is 0.416 e. The van der Waals surface area contributed by atoms with E-state index in [1.165, 1.54) is 6.07 Å². The lowest BCUT2D eigenvalue weighted by Crippen LogP contribution is -2.45. The zero-order valence-corrected chi connectivity index (χ0v) is 9.95. The zero-order valence-electron chi connectivity index (χ0n) is 9.95. The van der Waals surface area contributed by atoms with Gasteiger partial charge in [0.25, 0.3) is 0 Å². The fraction of sp³-hybridized carbons (Fsp3) is 0.538. The highest BCUT2D eigenvalue weighted by Gasteiger charge is 2.36. The highest BCUT2D eigenvalue weighted by molar-refractivity contribution is 5.33. The molecule has 0 saturated heterocycles. The maximum absolute atomic E-state index is 12.9. The van der Waals surface area contributed by atoms with Crippen LogP contribution in [0.2, 0.25) is 0 Å². The van der Waals surface area contributed by atoms with Gasteiger partial charge in [-0.2, -0.15) is 13.2 Å². The van der Waals surface area contributed by atoms with Crippen LogP contribution in [0, 0.1) is 0 Å². The number of alkyl halides is 3. The molecule has 0 unspecified atom stereocenters. The van der Waals surface area contributed by atoms with Crippen LogP contribution in [0.1, 0.15) is 36.3 Å². The second-order valence-electron chi connectivity index (χ2n) is 4.92. The van der Waals surface area contributed by atoms with E-state index < -0.39 is 11.7 Å². The van der Waals surface area contributed by atoms with Crippen LogP contribution in [0.15, 0.2) is 24.3 Å². The molecule has 1 aliphatic rings. The lowest BCUT2D eigenvalue weighted by atomic mass is 9.78. The SMILES string of the molecule is N[C@H]1CC[C@H](c2ccccc2C(F)(F)F)C[C@@H]1N. The molecular formula is C13H17F3N2. The first-order valence-electron chi connectivity index (χ1n) is 6.07. The third-order valence-electron chi connectivity index (χ3n) is 3.66. The third-order valence-corrected chi connectivity index (χ3v) is 3.66. The van der Waals surface area contributed by atoms with Crippen LogP contribution in [-0.4, -0.2) is 12.1 Å². The van der Waals surface area contributed by atoms with Gasteiger partial charge in [0, 0.05) is 12.1 Å². The number of nitrogens with two attached hydrogens (primary N) is 2. The second kappa shape index (κ2) is 4.90. The van der Waals surface area contributed by atoms with Crippen molar-refractivity contribution in [2.24, 2.45) is 11.5 Å². The first kappa shape index (κ1) is 13.4. The van der Waals surface area contributed by atoms with Crippen LogP contribution < -0.4 is 11.5 Å². The summed E-state index contributed by atoms with van der Waals surface area (Å²) in [5.74, 6) is -0.141. The van der Waals surface area contributed by atoms with Crippen molar-refractivity contribution < 1.29 is 13.2 Å². The van der Waals surface area contributed by atoms with Crippen LogP contribution in [0.4, 0.5) is 13.2 Å². The van der Waals surface area contributed by atoms with Gasteiger partial charge in [-0.15, -0.1) is 0 Å². The van der Waals surface area contributed by atoms with Crippen molar-refractivity contribution in [1.82, 2.24) is 0 Å². The van der Waals surface area contributed by atoms with Gasteiger partial charge >= 0.3 is 6.18 Å². The molecule has 5 heteroatoms. The Morgan fingerprint density at radius 1 is 1.00 bits per heavy atom. The van der Waals surface area contributed by atoms with E-state index >= 15 is 0 Å². The summed E-state index contributed by atoms with van der Waals surface area (Å²) in [6, 6.07) is 5.43. The molecule has 1 aliphatic carbocycles. The summed E-state index contributed by atoms with van der Waals surface area (Å²) in [6.07, 6.45) is -2.44. The number of hydrogen-bond acceptors (Lipinski definition) is 2. The summed E-state index contributed by atoms with van der Waals surface area (Å²) >= 11 is 0. The molecule has 2 nitrogen and oxygen atoms in total. The molecular weight excluding hydrogens is 241 g/mol. The average molecular weight is 258 g/mol. The molecule has 1 saturated carbocycles. The van der Waals surface area contributed by atoms with Gasteiger partial charge < -0.3 is 11.5 Å². The van der Waals surface area contributed by atoms with Crippen molar-refractivity contribution in [3.05, 3.63) is 35.4 Å². The standard InChI is InChI=1S/C13H17F3N2/c14-13(15,16)10-4-2-1-3-9(10)8-5-6-11(17)12(18)7-8/h1-4,8,11-12H,5-7,17-18H2/t8-,11-,12-/m0/s1. The van der Waals surface area contributed by atoms with Gasteiger partial charge in [0.05, 0.1) is 5.56 Å². The number of halogens is 3. The molecule has 1 aromatic rings. The Balaban J connectivity index is 2.29. The second-order valence-corrected chi connectivity index (χ2v) is 4.92. The van der Waals surface area contributed by atoms with Crippen molar-refractivity contribution in [2.75, 3.05) is 0 Å². The Kier molecular flexibility index (Phi) is 3.64. The average Bonchev–Trinajstić information content (AvgIpc) is 2.32. The highest BCUT2D eigenvalue weighted by Crippen LogP contribution is 2.39. The predicted octanol–water partition coefficient (Wildman–Crippen LogP) is 2.63. The lowest BCUT2D eigenvalue weighted by molar-refractivity contribution is -0.138. The first-order valence-corrected chi connectivity index (χ1v) is 6.07. The minimum Gasteiger partial charge on any atom is -0.326 e. The van der Waals surface area contributed by atoms with E-state index in [-0.39, 0.29) is 18.0 Å². The van der Waals surface area contributed by atoms with Crippen molar-refractivity contribution in [3.8, 4) is 0 Å². The Morgan fingerprint density at radius 3 is 2.28 bits per heavy atom.